The molecular formula is C15H12N4O4. The van der Waals surface area contributed by atoms with Crippen LogP contribution in [0.25, 0.3) is 10.9 Å². The summed E-state index contributed by atoms with van der Waals surface area (Å²) in [7, 11) is 1.36. The summed E-state index contributed by atoms with van der Waals surface area (Å²) in [5.74, 6) is 0.850. The molecular weight excluding hydrogens is 300 g/mol. The number of ether oxygens (including phenoxy) is 2. The highest BCUT2D eigenvalue weighted by atomic mass is 16.6. The highest BCUT2D eigenvalue weighted by molar-refractivity contribution is 5.88. The van der Waals surface area contributed by atoms with Gasteiger partial charge in [-0.05, 0) is 24.3 Å². The number of benzene rings is 2. The lowest BCUT2D eigenvalue weighted by Crippen LogP contribution is -1.97. The van der Waals surface area contributed by atoms with E-state index in [1.165, 1.54) is 25.6 Å². The van der Waals surface area contributed by atoms with E-state index in [9.17, 15) is 10.1 Å². The van der Waals surface area contributed by atoms with Gasteiger partial charge in [0.05, 0.1) is 22.9 Å². The number of rotatable bonds is 4. The lowest BCUT2D eigenvalue weighted by Gasteiger charge is -2.09. The van der Waals surface area contributed by atoms with Crippen molar-refractivity contribution < 1.29 is 14.4 Å². The van der Waals surface area contributed by atoms with Crippen molar-refractivity contribution in [2.75, 3.05) is 12.8 Å². The molecule has 3 rings (SSSR count). The molecule has 0 fully saturated rings. The van der Waals surface area contributed by atoms with E-state index in [4.69, 9.17) is 15.2 Å². The van der Waals surface area contributed by atoms with Crippen LogP contribution in [0.4, 0.5) is 11.4 Å². The van der Waals surface area contributed by atoms with Gasteiger partial charge < -0.3 is 15.2 Å². The van der Waals surface area contributed by atoms with Crippen LogP contribution in [0.15, 0.2) is 42.7 Å². The maximum absolute atomic E-state index is 11.2. The summed E-state index contributed by atoms with van der Waals surface area (Å²) in [6.45, 7) is 0. The van der Waals surface area contributed by atoms with Crippen LogP contribution in [-0.2, 0) is 0 Å². The van der Waals surface area contributed by atoms with Gasteiger partial charge in [-0.15, -0.1) is 0 Å². The molecule has 0 atom stereocenters. The lowest BCUT2D eigenvalue weighted by atomic mass is 10.2. The lowest BCUT2D eigenvalue weighted by molar-refractivity contribution is -0.385. The molecule has 3 aromatic rings. The SMILES string of the molecule is COc1cc2ncnc(Oc3ccc(N)cc3)c2cc1[N+](=O)[O-]. The Hall–Kier alpha value is -3.42. The van der Waals surface area contributed by atoms with Crippen molar-refractivity contribution in [3.8, 4) is 17.4 Å². The van der Waals surface area contributed by atoms with Gasteiger partial charge in [0.15, 0.2) is 5.75 Å². The van der Waals surface area contributed by atoms with Gasteiger partial charge in [0, 0.05) is 17.8 Å². The molecule has 0 saturated heterocycles. The van der Waals surface area contributed by atoms with Crippen LogP contribution in [0, 0.1) is 10.1 Å². The average molecular weight is 312 g/mol. The number of nitrogens with two attached hydrogens (primary N) is 1. The molecule has 116 valence electrons. The molecule has 0 aliphatic rings. The molecule has 8 nitrogen and oxygen atoms in total. The minimum atomic E-state index is -0.529. The third kappa shape index (κ3) is 2.82. The van der Waals surface area contributed by atoms with Gasteiger partial charge in [-0.1, -0.05) is 0 Å². The van der Waals surface area contributed by atoms with Crippen molar-refractivity contribution in [3.05, 3.63) is 52.8 Å². The summed E-state index contributed by atoms with van der Waals surface area (Å²) in [6.07, 6.45) is 1.32. The largest absolute Gasteiger partial charge is 0.490 e. The summed E-state index contributed by atoms with van der Waals surface area (Å²) in [6, 6.07) is 9.54. The van der Waals surface area contributed by atoms with E-state index in [-0.39, 0.29) is 17.3 Å². The molecule has 0 radical (unpaired) electrons. The molecule has 0 aliphatic carbocycles. The van der Waals surface area contributed by atoms with E-state index in [1.54, 1.807) is 24.3 Å². The molecule has 0 aliphatic heterocycles. The van der Waals surface area contributed by atoms with Gasteiger partial charge >= 0.3 is 5.69 Å². The molecule has 1 aromatic heterocycles. The first-order valence-corrected chi connectivity index (χ1v) is 6.59. The van der Waals surface area contributed by atoms with E-state index in [0.717, 1.165) is 0 Å². The van der Waals surface area contributed by atoms with E-state index >= 15 is 0 Å². The van der Waals surface area contributed by atoms with Crippen LogP contribution >= 0.6 is 0 Å². The highest BCUT2D eigenvalue weighted by Gasteiger charge is 2.19. The molecule has 8 heteroatoms. The number of nitro benzene ring substituents is 1. The number of aromatic nitrogens is 2. The van der Waals surface area contributed by atoms with Crippen molar-refractivity contribution >= 4 is 22.3 Å². The first-order valence-electron chi connectivity index (χ1n) is 6.59. The van der Waals surface area contributed by atoms with Crippen LogP contribution in [0.1, 0.15) is 0 Å². The average Bonchev–Trinajstić information content (AvgIpc) is 2.56. The Kier molecular flexibility index (Phi) is 3.63. The fourth-order valence-electron chi connectivity index (χ4n) is 2.08. The predicted molar refractivity (Wildman–Crippen MR) is 83.7 cm³/mol. The standard InChI is InChI=1S/C15H12N4O4/c1-22-14-7-12-11(6-13(14)19(20)21)15(18-8-17-12)23-10-4-2-9(16)3-5-10/h2-8H,16H2,1H3. The van der Waals surface area contributed by atoms with Crippen LogP contribution < -0.4 is 15.2 Å². The van der Waals surface area contributed by atoms with Crippen LogP contribution in [0.2, 0.25) is 0 Å². The van der Waals surface area contributed by atoms with Gasteiger partial charge in [-0.25, -0.2) is 9.97 Å². The van der Waals surface area contributed by atoms with E-state index < -0.39 is 4.92 Å². The predicted octanol–water partition coefficient (Wildman–Crippen LogP) is 2.92. The minimum absolute atomic E-state index is 0.125. The first kappa shape index (κ1) is 14.5. The maximum Gasteiger partial charge on any atom is 0.311 e. The Bertz CT molecular complexity index is 881. The summed E-state index contributed by atoms with van der Waals surface area (Å²) < 4.78 is 10.7. The fraction of sp³-hybridized carbons (Fsp3) is 0.0667. The number of nitro groups is 1. The fourth-order valence-corrected chi connectivity index (χ4v) is 2.08. The summed E-state index contributed by atoms with van der Waals surface area (Å²) in [4.78, 5) is 18.8. The highest BCUT2D eigenvalue weighted by Crippen LogP contribution is 2.35. The third-order valence-corrected chi connectivity index (χ3v) is 3.19. The molecule has 2 aromatic carbocycles. The second-order valence-corrected chi connectivity index (χ2v) is 4.65. The number of nitrogens with zero attached hydrogens (tertiary/aromatic N) is 3. The maximum atomic E-state index is 11.2. The molecule has 23 heavy (non-hydrogen) atoms. The molecule has 0 saturated carbocycles. The Morgan fingerprint density at radius 1 is 1.17 bits per heavy atom. The van der Waals surface area contributed by atoms with Crippen molar-refractivity contribution in [3.63, 3.8) is 0 Å². The molecule has 0 spiro atoms. The molecule has 0 bridgehead atoms. The molecule has 0 unspecified atom stereocenters. The number of anilines is 1. The second-order valence-electron chi connectivity index (χ2n) is 4.65. The molecule has 0 amide bonds. The van der Waals surface area contributed by atoms with Crippen molar-refractivity contribution in [1.82, 2.24) is 9.97 Å². The quantitative estimate of drug-likeness (QED) is 0.447. The molecule has 1 heterocycles. The topological polar surface area (TPSA) is 113 Å². The Labute approximate surface area is 130 Å². The van der Waals surface area contributed by atoms with Crippen LogP contribution in [0.5, 0.6) is 17.4 Å². The minimum Gasteiger partial charge on any atom is -0.490 e. The zero-order chi connectivity index (χ0) is 16.4. The third-order valence-electron chi connectivity index (χ3n) is 3.19. The molecule has 2 N–H and O–H groups in total. The Morgan fingerprint density at radius 3 is 2.57 bits per heavy atom. The van der Waals surface area contributed by atoms with Gasteiger partial charge in [0.1, 0.15) is 12.1 Å². The van der Waals surface area contributed by atoms with Crippen LogP contribution in [0.3, 0.4) is 0 Å². The van der Waals surface area contributed by atoms with Gasteiger partial charge in [0.25, 0.3) is 0 Å². The summed E-state index contributed by atoms with van der Waals surface area (Å²) in [5, 5.41) is 11.6. The first-order chi connectivity index (χ1) is 11.1. The van der Waals surface area contributed by atoms with Crippen molar-refractivity contribution in [2.24, 2.45) is 0 Å². The summed E-state index contributed by atoms with van der Waals surface area (Å²) in [5.41, 5.74) is 6.52. The van der Waals surface area contributed by atoms with E-state index in [0.29, 0.717) is 22.3 Å². The zero-order valence-corrected chi connectivity index (χ0v) is 12.1. The number of hydrogen-bond donors (Lipinski definition) is 1. The monoisotopic (exact) mass is 312 g/mol. The van der Waals surface area contributed by atoms with E-state index in [1.807, 2.05) is 0 Å². The van der Waals surface area contributed by atoms with Crippen LogP contribution in [-0.4, -0.2) is 22.0 Å². The Morgan fingerprint density at radius 2 is 1.91 bits per heavy atom. The zero-order valence-electron chi connectivity index (χ0n) is 12.1. The number of fused-ring (bicyclic) bond motifs is 1. The van der Waals surface area contributed by atoms with Crippen molar-refractivity contribution in [2.45, 2.75) is 0 Å². The van der Waals surface area contributed by atoms with Gasteiger partial charge in [-0.3, -0.25) is 10.1 Å². The second kappa shape index (κ2) is 5.76. The smallest absolute Gasteiger partial charge is 0.311 e. The van der Waals surface area contributed by atoms with Crippen molar-refractivity contribution in [1.29, 1.82) is 0 Å². The summed E-state index contributed by atoms with van der Waals surface area (Å²) >= 11 is 0. The number of methoxy groups -OCH3 is 1. The Balaban J connectivity index is 2.11. The number of nitrogen functional groups attached to an aromatic ring is 1. The van der Waals surface area contributed by atoms with Gasteiger partial charge in [0.2, 0.25) is 5.88 Å². The van der Waals surface area contributed by atoms with Gasteiger partial charge in [-0.2, -0.15) is 0 Å². The van der Waals surface area contributed by atoms with E-state index in [2.05, 4.69) is 9.97 Å². The number of hydrogen-bond acceptors (Lipinski definition) is 7. The normalized spacial score (nSPS) is 10.5.